The van der Waals surface area contributed by atoms with Crippen LogP contribution in [0.4, 0.5) is 0 Å². The average molecular weight is 456 g/mol. The molecule has 2 aliphatic carbocycles. The fourth-order valence-corrected chi connectivity index (χ4v) is 5.03. The summed E-state index contributed by atoms with van der Waals surface area (Å²) in [5.74, 6) is -1.83. The lowest BCUT2D eigenvalue weighted by Crippen LogP contribution is -2.65. The zero-order chi connectivity index (χ0) is 23.5. The molecular formula is C24H24O9. The normalized spacial score (nSPS) is 30.6. The van der Waals surface area contributed by atoms with Crippen LogP contribution in [0.1, 0.15) is 57.5 Å². The Morgan fingerprint density at radius 1 is 0.848 bits per heavy atom. The van der Waals surface area contributed by atoms with Crippen LogP contribution in [0, 0.1) is 0 Å². The first-order valence-corrected chi connectivity index (χ1v) is 10.9. The van der Waals surface area contributed by atoms with Gasteiger partial charge in [0.05, 0.1) is 11.2 Å². The van der Waals surface area contributed by atoms with Gasteiger partial charge in [-0.05, 0) is 25.0 Å². The van der Waals surface area contributed by atoms with Crippen molar-refractivity contribution in [3.05, 3.63) is 58.7 Å². The number of aliphatic hydroxyl groups excluding tert-OH is 3. The Hall–Kier alpha value is -2.82. The van der Waals surface area contributed by atoms with Crippen molar-refractivity contribution in [2.24, 2.45) is 0 Å². The molecule has 9 heteroatoms. The van der Waals surface area contributed by atoms with Crippen molar-refractivity contribution >= 4 is 11.6 Å². The van der Waals surface area contributed by atoms with E-state index in [2.05, 4.69) is 0 Å². The van der Waals surface area contributed by atoms with Gasteiger partial charge >= 0.3 is 0 Å². The summed E-state index contributed by atoms with van der Waals surface area (Å²) in [5, 5.41) is 52.9. The van der Waals surface area contributed by atoms with Crippen LogP contribution in [-0.2, 0) is 4.74 Å². The molecule has 1 heterocycles. The summed E-state index contributed by atoms with van der Waals surface area (Å²) in [5.41, 5.74) is -1.22. The number of hydrogen-bond donors (Lipinski definition) is 5. The third-order valence-corrected chi connectivity index (χ3v) is 6.84. The van der Waals surface area contributed by atoms with Gasteiger partial charge < -0.3 is 35.0 Å². The van der Waals surface area contributed by atoms with Gasteiger partial charge in [0.15, 0.2) is 23.1 Å². The Balaban J connectivity index is 1.47. The molecule has 1 saturated heterocycles. The molecule has 5 rings (SSSR count). The van der Waals surface area contributed by atoms with Crippen LogP contribution in [0.3, 0.4) is 0 Å². The number of hydrogen-bond acceptors (Lipinski definition) is 9. The van der Waals surface area contributed by atoms with Crippen molar-refractivity contribution in [2.45, 2.75) is 62.0 Å². The van der Waals surface area contributed by atoms with Gasteiger partial charge in [0, 0.05) is 16.7 Å². The lowest BCUT2D eigenvalue weighted by Gasteiger charge is -2.45. The smallest absolute Gasteiger partial charge is 0.229 e. The molecule has 1 saturated carbocycles. The van der Waals surface area contributed by atoms with Crippen molar-refractivity contribution in [1.29, 1.82) is 0 Å². The number of carbonyl (C=O) groups is 2. The number of fused-ring (bicyclic) bond motifs is 2. The second-order valence-electron chi connectivity index (χ2n) is 8.86. The molecule has 2 fully saturated rings. The molecule has 5 atom stereocenters. The summed E-state index contributed by atoms with van der Waals surface area (Å²) >= 11 is 0. The monoisotopic (exact) mass is 456 g/mol. The summed E-state index contributed by atoms with van der Waals surface area (Å²) in [6, 6.07) is 8.88. The highest BCUT2D eigenvalue weighted by Gasteiger charge is 2.54. The molecule has 1 aliphatic heterocycles. The van der Waals surface area contributed by atoms with Gasteiger partial charge in [-0.1, -0.05) is 37.1 Å². The van der Waals surface area contributed by atoms with Crippen LogP contribution in [0.15, 0.2) is 36.4 Å². The number of benzene rings is 2. The van der Waals surface area contributed by atoms with Crippen molar-refractivity contribution in [2.75, 3.05) is 0 Å². The van der Waals surface area contributed by atoms with Gasteiger partial charge in [0.2, 0.25) is 6.29 Å². The Morgan fingerprint density at radius 2 is 1.48 bits per heavy atom. The maximum Gasteiger partial charge on any atom is 0.229 e. The van der Waals surface area contributed by atoms with Gasteiger partial charge in [0.1, 0.15) is 24.4 Å². The highest BCUT2D eigenvalue weighted by Crippen LogP contribution is 2.42. The van der Waals surface area contributed by atoms with Crippen LogP contribution < -0.4 is 4.74 Å². The standard InChI is InChI=1S/C24H24O9/c25-16-11-5-1-2-6-12(11)17(26)15-13(16)7-8-14(18(15)27)32-23-21(30)19(28)20(29)22(33-23)24(31)9-3-4-10-24/h1-2,5-8,19-23,27-31H,3-4,9-10H2/t19-,20-,21+,22-,23-/m1/s1. The van der Waals surface area contributed by atoms with Crippen molar-refractivity contribution in [3.8, 4) is 11.5 Å². The molecule has 0 spiro atoms. The molecule has 0 aromatic heterocycles. The topological polar surface area (TPSA) is 154 Å². The first kappa shape index (κ1) is 22.0. The number of ether oxygens (including phenoxy) is 2. The molecule has 0 amide bonds. The summed E-state index contributed by atoms with van der Waals surface area (Å²) < 4.78 is 11.3. The van der Waals surface area contributed by atoms with E-state index in [0.717, 1.165) is 12.8 Å². The lowest BCUT2D eigenvalue weighted by molar-refractivity contribution is -0.304. The second kappa shape index (κ2) is 7.89. The third-order valence-electron chi connectivity index (χ3n) is 6.84. The Labute approximate surface area is 188 Å². The minimum Gasteiger partial charge on any atom is -0.504 e. The van der Waals surface area contributed by atoms with Crippen molar-refractivity contribution < 1.29 is 44.6 Å². The van der Waals surface area contributed by atoms with E-state index in [1.165, 1.54) is 24.3 Å². The van der Waals surface area contributed by atoms with Crippen LogP contribution in [0.25, 0.3) is 0 Å². The molecule has 0 bridgehead atoms. The first-order chi connectivity index (χ1) is 15.7. The predicted molar refractivity (Wildman–Crippen MR) is 112 cm³/mol. The second-order valence-corrected chi connectivity index (χ2v) is 8.86. The summed E-state index contributed by atoms with van der Waals surface area (Å²) in [4.78, 5) is 25.8. The van der Waals surface area contributed by atoms with E-state index in [0.29, 0.717) is 12.8 Å². The highest BCUT2D eigenvalue weighted by atomic mass is 16.7. The molecule has 33 heavy (non-hydrogen) atoms. The Morgan fingerprint density at radius 3 is 2.15 bits per heavy atom. The molecular weight excluding hydrogens is 432 g/mol. The maximum absolute atomic E-state index is 13.0. The average Bonchev–Trinajstić information content (AvgIpc) is 3.26. The van der Waals surface area contributed by atoms with E-state index >= 15 is 0 Å². The van der Waals surface area contributed by atoms with E-state index in [1.54, 1.807) is 12.1 Å². The quantitative estimate of drug-likeness (QED) is 0.382. The van der Waals surface area contributed by atoms with Gasteiger partial charge in [-0.3, -0.25) is 9.59 Å². The van der Waals surface area contributed by atoms with E-state index < -0.39 is 53.6 Å². The number of aliphatic hydroxyl groups is 4. The number of rotatable bonds is 3. The lowest BCUT2D eigenvalue weighted by atomic mass is 9.83. The van der Waals surface area contributed by atoms with Crippen molar-refractivity contribution in [3.63, 3.8) is 0 Å². The molecule has 9 nitrogen and oxygen atoms in total. The fraction of sp³-hybridized carbons (Fsp3) is 0.417. The van der Waals surface area contributed by atoms with E-state index in [-0.39, 0.29) is 28.0 Å². The number of aromatic hydroxyl groups is 1. The van der Waals surface area contributed by atoms with E-state index in [4.69, 9.17) is 9.47 Å². The number of phenols is 1. The Bertz CT molecular complexity index is 1120. The van der Waals surface area contributed by atoms with Crippen LogP contribution >= 0.6 is 0 Å². The van der Waals surface area contributed by atoms with Gasteiger partial charge in [0.25, 0.3) is 0 Å². The highest BCUT2D eigenvalue weighted by molar-refractivity contribution is 6.29. The van der Waals surface area contributed by atoms with Gasteiger partial charge in [-0.2, -0.15) is 0 Å². The summed E-state index contributed by atoms with van der Waals surface area (Å²) in [6.45, 7) is 0. The maximum atomic E-state index is 13.0. The van der Waals surface area contributed by atoms with Crippen LogP contribution in [0.5, 0.6) is 11.5 Å². The minimum absolute atomic E-state index is 0.0160. The van der Waals surface area contributed by atoms with Crippen LogP contribution in [-0.4, -0.2) is 73.4 Å². The van der Waals surface area contributed by atoms with E-state index in [1.807, 2.05) is 0 Å². The zero-order valence-electron chi connectivity index (χ0n) is 17.5. The van der Waals surface area contributed by atoms with Gasteiger partial charge in [-0.25, -0.2) is 0 Å². The van der Waals surface area contributed by atoms with Crippen molar-refractivity contribution in [1.82, 2.24) is 0 Å². The Kier molecular flexibility index (Phi) is 5.26. The molecule has 174 valence electrons. The summed E-state index contributed by atoms with van der Waals surface area (Å²) in [6.07, 6.45) is -5.55. The fourth-order valence-electron chi connectivity index (χ4n) is 5.03. The number of carbonyl (C=O) groups excluding carboxylic acids is 2. The third kappa shape index (κ3) is 3.35. The largest absolute Gasteiger partial charge is 0.504 e. The van der Waals surface area contributed by atoms with E-state index in [9.17, 15) is 35.1 Å². The first-order valence-electron chi connectivity index (χ1n) is 10.9. The molecule has 0 unspecified atom stereocenters. The molecule has 2 aromatic carbocycles. The molecule has 5 N–H and O–H groups in total. The zero-order valence-corrected chi connectivity index (χ0v) is 17.5. The number of phenolic OH excluding ortho intramolecular Hbond substituents is 1. The minimum atomic E-state index is -1.70. The van der Waals surface area contributed by atoms with Gasteiger partial charge in [-0.15, -0.1) is 0 Å². The molecule has 0 radical (unpaired) electrons. The predicted octanol–water partition coefficient (Wildman–Crippen LogP) is 0.659. The number of ketones is 2. The SMILES string of the molecule is O=C1c2ccccc2C(=O)c2c1ccc(O[C@@H]1O[C@@H](C3(O)CCCC3)[C@H](O)[C@@H](O)[C@@H]1O)c2O. The summed E-state index contributed by atoms with van der Waals surface area (Å²) in [7, 11) is 0. The molecule has 3 aliphatic rings. The van der Waals surface area contributed by atoms with Crippen LogP contribution in [0.2, 0.25) is 0 Å². The molecule has 2 aromatic rings.